The highest BCUT2D eigenvalue weighted by atomic mass is 16.6. The molecule has 15 heavy (non-hydrogen) atoms. The molecule has 0 radical (unpaired) electrons. The summed E-state index contributed by atoms with van der Waals surface area (Å²) < 4.78 is 4.60. The van der Waals surface area contributed by atoms with Crippen LogP contribution in [-0.2, 0) is 11.2 Å². The summed E-state index contributed by atoms with van der Waals surface area (Å²) in [4.78, 5) is 17.9. The molecule has 1 amide bonds. The van der Waals surface area contributed by atoms with Crippen molar-refractivity contribution in [2.75, 3.05) is 19.8 Å². The molecule has 0 atom stereocenters. The molecule has 0 saturated carbocycles. The van der Waals surface area contributed by atoms with Gasteiger partial charge in [-0.05, 0) is 6.42 Å². The quantitative estimate of drug-likeness (QED) is 0.583. The third-order valence-electron chi connectivity index (χ3n) is 1.74. The van der Waals surface area contributed by atoms with Crippen molar-refractivity contribution < 1.29 is 14.6 Å². The molecule has 0 spiro atoms. The van der Waals surface area contributed by atoms with Crippen LogP contribution in [0.2, 0.25) is 0 Å². The highest BCUT2D eigenvalue weighted by Crippen LogP contribution is 1.93. The number of aliphatic hydroxyl groups is 1. The number of aliphatic hydroxyl groups excluding tert-OH is 1. The number of carbonyl (C=O) groups is 1. The van der Waals surface area contributed by atoms with Crippen LogP contribution in [0.15, 0.2) is 12.4 Å². The van der Waals surface area contributed by atoms with E-state index < -0.39 is 6.09 Å². The van der Waals surface area contributed by atoms with Crippen LogP contribution >= 0.6 is 0 Å². The summed E-state index contributed by atoms with van der Waals surface area (Å²) in [6, 6.07) is 0. The summed E-state index contributed by atoms with van der Waals surface area (Å²) in [5.74, 6) is 0.903. The summed E-state index contributed by atoms with van der Waals surface area (Å²) in [6.45, 7) is 0.412. The second-order valence-corrected chi connectivity index (χ2v) is 2.93. The summed E-state index contributed by atoms with van der Waals surface area (Å²) in [6.07, 6.45) is 4.54. The lowest BCUT2D eigenvalue weighted by atomic mass is 10.3. The highest BCUT2D eigenvalue weighted by molar-refractivity contribution is 5.66. The summed E-state index contributed by atoms with van der Waals surface area (Å²) in [7, 11) is 0. The second-order valence-electron chi connectivity index (χ2n) is 2.93. The van der Waals surface area contributed by atoms with E-state index in [4.69, 9.17) is 5.11 Å². The number of nitrogens with one attached hydrogen (secondary N) is 2. The lowest BCUT2D eigenvalue weighted by molar-refractivity contribution is 0.119. The van der Waals surface area contributed by atoms with Gasteiger partial charge in [0, 0.05) is 25.4 Å². The van der Waals surface area contributed by atoms with E-state index in [2.05, 4.69) is 20.0 Å². The zero-order valence-electron chi connectivity index (χ0n) is 8.40. The van der Waals surface area contributed by atoms with Crippen molar-refractivity contribution in [1.82, 2.24) is 15.3 Å². The van der Waals surface area contributed by atoms with E-state index in [-0.39, 0.29) is 13.2 Å². The molecule has 0 aliphatic heterocycles. The van der Waals surface area contributed by atoms with E-state index in [0.29, 0.717) is 6.54 Å². The van der Waals surface area contributed by atoms with E-state index in [0.717, 1.165) is 18.7 Å². The van der Waals surface area contributed by atoms with E-state index in [1.54, 1.807) is 12.4 Å². The molecule has 1 heterocycles. The highest BCUT2D eigenvalue weighted by Gasteiger charge is 2.00. The third kappa shape index (κ3) is 5.02. The van der Waals surface area contributed by atoms with Crippen LogP contribution in [0.5, 0.6) is 0 Å². The third-order valence-corrected chi connectivity index (χ3v) is 1.74. The van der Waals surface area contributed by atoms with Crippen LogP contribution in [-0.4, -0.2) is 40.9 Å². The van der Waals surface area contributed by atoms with Crippen LogP contribution in [0.3, 0.4) is 0 Å². The predicted octanol–water partition coefficient (Wildman–Crippen LogP) is 0.0608. The topological polar surface area (TPSA) is 87.2 Å². The van der Waals surface area contributed by atoms with Crippen LogP contribution < -0.4 is 5.32 Å². The number of rotatable bonds is 6. The molecule has 0 fully saturated rings. The maximum Gasteiger partial charge on any atom is 0.407 e. The molecular formula is C9H15N3O3. The number of ether oxygens (including phenoxy) is 1. The Morgan fingerprint density at radius 3 is 3.20 bits per heavy atom. The van der Waals surface area contributed by atoms with E-state index in [1.807, 2.05) is 0 Å². The minimum Gasteiger partial charge on any atom is -0.447 e. The van der Waals surface area contributed by atoms with Crippen LogP contribution in [0.1, 0.15) is 12.2 Å². The number of H-pyrrole nitrogens is 1. The van der Waals surface area contributed by atoms with E-state index >= 15 is 0 Å². The number of aromatic nitrogens is 2. The van der Waals surface area contributed by atoms with Crippen molar-refractivity contribution in [1.29, 1.82) is 0 Å². The van der Waals surface area contributed by atoms with Gasteiger partial charge in [0.2, 0.25) is 0 Å². The first-order valence-electron chi connectivity index (χ1n) is 4.82. The number of hydrogen-bond acceptors (Lipinski definition) is 4. The van der Waals surface area contributed by atoms with Gasteiger partial charge >= 0.3 is 6.09 Å². The number of aromatic amines is 1. The molecule has 6 heteroatoms. The zero-order chi connectivity index (χ0) is 10.9. The fourth-order valence-corrected chi connectivity index (χ4v) is 1.07. The molecular weight excluding hydrogens is 198 g/mol. The molecule has 3 N–H and O–H groups in total. The Balaban J connectivity index is 1.99. The van der Waals surface area contributed by atoms with E-state index in [9.17, 15) is 4.79 Å². The Hall–Kier alpha value is -1.56. The Bertz CT molecular complexity index is 274. The maximum atomic E-state index is 10.9. The van der Waals surface area contributed by atoms with Gasteiger partial charge in [0.05, 0.1) is 6.61 Å². The van der Waals surface area contributed by atoms with Gasteiger partial charge < -0.3 is 20.1 Å². The Labute approximate surface area is 87.7 Å². The predicted molar refractivity (Wildman–Crippen MR) is 53.3 cm³/mol. The first-order valence-corrected chi connectivity index (χ1v) is 4.82. The Morgan fingerprint density at radius 1 is 1.67 bits per heavy atom. The summed E-state index contributed by atoms with van der Waals surface area (Å²) in [5, 5.41) is 11.0. The average molecular weight is 213 g/mol. The van der Waals surface area contributed by atoms with Gasteiger partial charge in [-0.15, -0.1) is 0 Å². The van der Waals surface area contributed by atoms with Gasteiger partial charge in [-0.25, -0.2) is 9.78 Å². The number of amides is 1. The molecule has 0 bridgehead atoms. The summed E-state index contributed by atoms with van der Waals surface area (Å²) >= 11 is 0. The second kappa shape index (κ2) is 6.83. The lowest BCUT2D eigenvalue weighted by Gasteiger charge is -2.04. The molecule has 84 valence electrons. The van der Waals surface area contributed by atoms with Gasteiger partial charge in [0.15, 0.2) is 0 Å². The van der Waals surface area contributed by atoms with Gasteiger partial charge in [-0.1, -0.05) is 0 Å². The largest absolute Gasteiger partial charge is 0.447 e. The number of imidazole rings is 1. The van der Waals surface area contributed by atoms with Gasteiger partial charge in [-0.2, -0.15) is 0 Å². The maximum absolute atomic E-state index is 10.9. The number of hydrogen-bond donors (Lipinski definition) is 3. The average Bonchev–Trinajstić information content (AvgIpc) is 2.74. The molecule has 6 nitrogen and oxygen atoms in total. The molecule has 0 aliphatic rings. The molecule has 0 aromatic carbocycles. The van der Waals surface area contributed by atoms with Crippen molar-refractivity contribution >= 4 is 6.09 Å². The van der Waals surface area contributed by atoms with Crippen molar-refractivity contribution in [3.63, 3.8) is 0 Å². The van der Waals surface area contributed by atoms with Gasteiger partial charge in [0.1, 0.15) is 12.4 Å². The van der Waals surface area contributed by atoms with E-state index in [1.165, 1.54) is 0 Å². The normalized spacial score (nSPS) is 9.93. The number of carbonyl (C=O) groups excluding carboxylic acids is 1. The minimum atomic E-state index is -0.497. The number of nitrogens with zero attached hydrogens (tertiary/aromatic N) is 1. The molecule has 0 unspecified atom stereocenters. The molecule has 1 aromatic heterocycles. The SMILES string of the molecule is O=C(NCCCc1ncc[nH]1)OCCO. The Kier molecular flexibility index (Phi) is 5.24. The standard InChI is InChI=1S/C9H15N3O3/c13-6-7-15-9(14)12-3-1-2-8-10-4-5-11-8/h4-5,13H,1-3,6-7H2,(H,10,11)(H,12,14). The first kappa shape index (κ1) is 11.5. The Morgan fingerprint density at radius 2 is 2.53 bits per heavy atom. The van der Waals surface area contributed by atoms with Crippen molar-refractivity contribution in [3.8, 4) is 0 Å². The van der Waals surface area contributed by atoms with Crippen molar-refractivity contribution in [3.05, 3.63) is 18.2 Å². The molecule has 1 aromatic rings. The van der Waals surface area contributed by atoms with Crippen molar-refractivity contribution in [2.45, 2.75) is 12.8 Å². The fraction of sp³-hybridized carbons (Fsp3) is 0.556. The zero-order valence-corrected chi connectivity index (χ0v) is 8.40. The number of aryl methyl sites for hydroxylation is 1. The number of alkyl carbamates (subject to hydrolysis) is 1. The van der Waals surface area contributed by atoms with Gasteiger partial charge in [-0.3, -0.25) is 0 Å². The minimum absolute atomic E-state index is 0.0318. The first-order chi connectivity index (χ1) is 7.33. The van der Waals surface area contributed by atoms with Crippen molar-refractivity contribution in [2.24, 2.45) is 0 Å². The van der Waals surface area contributed by atoms with Crippen LogP contribution in [0.4, 0.5) is 4.79 Å². The lowest BCUT2D eigenvalue weighted by Crippen LogP contribution is -2.26. The molecule has 0 aliphatic carbocycles. The summed E-state index contributed by atoms with van der Waals surface area (Å²) in [5.41, 5.74) is 0. The smallest absolute Gasteiger partial charge is 0.407 e. The van der Waals surface area contributed by atoms with Crippen LogP contribution in [0, 0.1) is 0 Å². The molecule has 0 saturated heterocycles. The van der Waals surface area contributed by atoms with Gasteiger partial charge in [0.25, 0.3) is 0 Å². The van der Waals surface area contributed by atoms with Crippen LogP contribution in [0.25, 0.3) is 0 Å². The molecule has 1 rings (SSSR count). The monoisotopic (exact) mass is 213 g/mol. The fourth-order valence-electron chi connectivity index (χ4n) is 1.07.